The van der Waals surface area contributed by atoms with Crippen LogP contribution in [-0.4, -0.2) is 15.0 Å². The van der Waals surface area contributed by atoms with Crippen molar-refractivity contribution in [3.8, 4) is 0 Å². The number of hydrogen-bond donors (Lipinski definition) is 0. The van der Waals surface area contributed by atoms with Crippen LogP contribution in [-0.2, 0) is 0 Å². The van der Waals surface area contributed by atoms with Crippen molar-refractivity contribution in [2.45, 2.75) is 20.8 Å². The molecule has 3 nitrogen and oxygen atoms in total. The molecule has 0 atom stereocenters. The topological polar surface area (TPSA) is 38.7 Å². The number of rotatable bonds is 0. The summed E-state index contributed by atoms with van der Waals surface area (Å²) < 4.78 is 0. The fourth-order valence-corrected chi connectivity index (χ4v) is 1.44. The van der Waals surface area contributed by atoms with Crippen LogP contribution in [0.4, 0.5) is 0 Å². The Bertz CT molecular complexity index is 463. The molecule has 2 aromatic heterocycles. The first-order valence-electron chi connectivity index (χ1n) is 4.25. The zero-order valence-electron chi connectivity index (χ0n) is 8.00. The first-order chi connectivity index (χ1) is 6.18. The van der Waals surface area contributed by atoms with Crippen LogP contribution in [0.1, 0.15) is 17.1 Å². The third-order valence-corrected chi connectivity index (χ3v) is 2.07. The zero-order chi connectivity index (χ0) is 9.42. The van der Waals surface area contributed by atoms with Gasteiger partial charge in [0.05, 0.1) is 11.2 Å². The Labute approximate surface area is 76.9 Å². The molecule has 0 unspecified atom stereocenters. The van der Waals surface area contributed by atoms with Gasteiger partial charge >= 0.3 is 0 Å². The second-order valence-electron chi connectivity index (χ2n) is 3.18. The predicted molar refractivity (Wildman–Crippen MR) is 51.5 cm³/mol. The summed E-state index contributed by atoms with van der Waals surface area (Å²) in [6.07, 6.45) is 1.80. The smallest absolute Gasteiger partial charge is 0.126 e. The van der Waals surface area contributed by atoms with Gasteiger partial charge in [0.25, 0.3) is 0 Å². The molecular weight excluding hydrogens is 162 g/mol. The quantitative estimate of drug-likeness (QED) is 0.611. The minimum Gasteiger partial charge on any atom is -0.253 e. The highest BCUT2D eigenvalue weighted by Crippen LogP contribution is 2.15. The van der Waals surface area contributed by atoms with E-state index in [-0.39, 0.29) is 0 Å². The molecule has 0 aliphatic heterocycles. The highest BCUT2D eigenvalue weighted by molar-refractivity contribution is 5.79. The lowest BCUT2D eigenvalue weighted by Crippen LogP contribution is -1.96. The monoisotopic (exact) mass is 173 g/mol. The number of nitrogens with zero attached hydrogens (tertiary/aromatic N) is 3. The van der Waals surface area contributed by atoms with Crippen molar-refractivity contribution in [1.29, 1.82) is 0 Å². The SMILES string of the molecule is Cc1nc(C)c2nccc(C)c2n1. The van der Waals surface area contributed by atoms with Crippen molar-refractivity contribution < 1.29 is 0 Å². The van der Waals surface area contributed by atoms with Gasteiger partial charge in [-0.3, -0.25) is 4.98 Å². The summed E-state index contributed by atoms with van der Waals surface area (Å²) in [6, 6.07) is 1.97. The Kier molecular flexibility index (Phi) is 1.72. The Morgan fingerprint density at radius 3 is 2.54 bits per heavy atom. The molecule has 0 saturated carbocycles. The van der Waals surface area contributed by atoms with Crippen molar-refractivity contribution in [1.82, 2.24) is 15.0 Å². The van der Waals surface area contributed by atoms with Crippen molar-refractivity contribution >= 4 is 11.0 Å². The molecule has 3 heteroatoms. The molecule has 0 bridgehead atoms. The van der Waals surface area contributed by atoms with E-state index in [1.165, 1.54) is 0 Å². The summed E-state index contributed by atoms with van der Waals surface area (Å²) in [6.45, 7) is 5.90. The molecule has 0 fully saturated rings. The molecule has 0 amide bonds. The van der Waals surface area contributed by atoms with Crippen LogP contribution in [0.2, 0.25) is 0 Å². The second-order valence-corrected chi connectivity index (χ2v) is 3.18. The van der Waals surface area contributed by atoms with E-state index in [1.54, 1.807) is 6.20 Å². The van der Waals surface area contributed by atoms with Crippen LogP contribution in [0.15, 0.2) is 12.3 Å². The number of fused-ring (bicyclic) bond motifs is 1. The molecular formula is C10H11N3. The first kappa shape index (κ1) is 8.10. The van der Waals surface area contributed by atoms with E-state index < -0.39 is 0 Å². The van der Waals surface area contributed by atoms with Gasteiger partial charge in [-0.05, 0) is 32.4 Å². The molecule has 13 heavy (non-hydrogen) atoms. The molecule has 2 aromatic rings. The van der Waals surface area contributed by atoms with Gasteiger partial charge in [-0.15, -0.1) is 0 Å². The highest BCUT2D eigenvalue weighted by atomic mass is 14.9. The summed E-state index contributed by atoms with van der Waals surface area (Å²) in [4.78, 5) is 12.9. The van der Waals surface area contributed by atoms with Crippen molar-refractivity contribution in [3.05, 3.63) is 29.3 Å². The lowest BCUT2D eigenvalue weighted by atomic mass is 10.2. The van der Waals surface area contributed by atoms with Gasteiger partial charge in [0, 0.05) is 6.20 Å². The largest absolute Gasteiger partial charge is 0.253 e. The molecule has 0 radical (unpaired) electrons. The van der Waals surface area contributed by atoms with Crippen LogP contribution < -0.4 is 0 Å². The van der Waals surface area contributed by atoms with Gasteiger partial charge in [-0.2, -0.15) is 0 Å². The number of aromatic nitrogens is 3. The molecule has 2 rings (SSSR count). The Balaban J connectivity index is 2.94. The van der Waals surface area contributed by atoms with Crippen LogP contribution in [0.5, 0.6) is 0 Å². The van der Waals surface area contributed by atoms with Crippen LogP contribution in [0.25, 0.3) is 11.0 Å². The molecule has 0 aromatic carbocycles. The number of hydrogen-bond acceptors (Lipinski definition) is 3. The maximum Gasteiger partial charge on any atom is 0.126 e. The molecule has 0 aliphatic rings. The minimum atomic E-state index is 0.807. The molecule has 0 aliphatic carbocycles. The van der Waals surface area contributed by atoms with Crippen molar-refractivity contribution in [2.24, 2.45) is 0 Å². The highest BCUT2D eigenvalue weighted by Gasteiger charge is 2.04. The summed E-state index contributed by atoms with van der Waals surface area (Å²) in [5, 5.41) is 0. The lowest BCUT2D eigenvalue weighted by molar-refractivity contribution is 1.03. The molecule has 0 saturated heterocycles. The Morgan fingerprint density at radius 1 is 1.00 bits per heavy atom. The van der Waals surface area contributed by atoms with E-state index in [2.05, 4.69) is 15.0 Å². The van der Waals surface area contributed by atoms with Crippen LogP contribution in [0.3, 0.4) is 0 Å². The number of pyridine rings is 1. The standard InChI is InChI=1S/C10H11N3/c1-6-4-5-11-10-7(2)12-8(3)13-9(6)10/h4-5H,1-3H3. The van der Waals surface area contributed by atoms with E-state index >= 15 is 0 Å². The maximum absolute atomic E-state index is 4.36. The van der Waals surface area contributed by atoms with Crippen molar-refractivity contribution in [2.75, 3.05) is 0 Å². The van der Waals surface area contributed by atoms with Gasteiger partial charge in [0.15, 0.2) is 0 Å². The van der Waals surface area contributed by atoms with Gasteiger partial charge < -0.3 is 0 Å². The average Bonchev–Trinajstić information content (AvgIpc) is 2.07. The fraction of sp³-hybridized carbons (Fsp3) is 0.300. The lowest BCUT2D eigenvalue weighted by Gasteiger charge is -2.03. The summed E-state index contributed by atoms with van der Waals surface area (Å²) >= 11 is 0. The van der Waals surface area contributed by atoms with E-state index in [0.717, 1.165) is 28.1 Å². The second kappa shape index (κ2) is 2.76. The maximum atomic E-state index is 4.36. The van der Waals surface area contributed by atoms with Gasteiger partial charge in [0.2, 0.25) is 0 Å². The zero-order valence-corrected chi connectivity index (χ0v) is 8.00. The minimum absolute atomic E-state index is 0.807. The fourth-order valence-electron chi connectivity index (χ4n) is 1.44. The van der Waals surface area contributed by atoms with E-state index in [9.17, 15) is 0 Å². The van der Waals surface area contributed by atoms with Gasteiger partial charge in [-0.1, -0.05) is 0 Å². The van der Waals surface area contributed by atoms with E-state index in [1.807, 2.05) is 26.8 Å². The van der Waals surface area contributed by atoms with Crippen LogP contribution in [0, 0.1) is 20.8 Å². The van der Waals surface area contributed by atoms with Gasteiger partial charge in [-0.25, -0.2) is 9.97 Å². The van der Waals surface area contributed by atoms with Crippen LogP contribution >= 0.6 is 0 Å². The summed E-state index contributed by atoms with van der Waals surface area (Å²) in [5.74, 6) is 0.807. The molecule has 0 N–H and O–H groups in total. The third kappa shape index (κ3) is 1.26. The summed E-state index contributed by atoms with van der Waals surface area (Å²) in [7, 11) is 0. The van der Waals surface area contributed by atoms with Crippen molar-refractivity contribution in [3.63, 3.8) is 0 Å². The van der Waals surface area contributed by atoms with Gasteiger partial charge in [0.1, 0.15) is 11.3 Å². The molecule has 66 valence electrons. The Hall–Kier alpha value is -1.51. The average molecular weight is 173 g/mol. The normalized spacial score (nSPS) is 10.7. The number of aryl methyl sites for hydroxylation is 3. The third-order valence-electron chi connectivity index (χ3n) is 2.07. The summed E-state index contributed by atoms with van der Waals surface area (Å²) in [5.41, 5.74) is 3.97. The molecule has 2 heterocycles. The van der Waals surface area contributed by atoms with E-state index in [4.69, 9.17) is 0 Å². The first-order valence-corrected chi connectivity index (χ1v) is 4.25. The molecule has 0 spiro atoms. The van der Waals surface area contributed by atoms with E-state index in [0.29, 0.717) is 0 Å². The Morgan fingerprint density at radius 2 is 1.77 bits per heavy atom. The predicted octanol–water partition coefficient (Wildman–Crippen LogP) is 1.95.